The maximum Gasteiger partial charge on any atom is 0.0389 e. The van der Waals surface area contributed by atoms with Crippen molar-refractivity contribution in [2.24, 2.45) is 0 Å². The van der Waals surface area contributed by atoms with Crippen molar-refractivity contribution in [1.82, 2.24) is 4.90 Å². The summed E-state index contributed by atoms with van der Waals surface area (Å²) in [4.78, 5) is 2.35. The number of fused-ring (bicyclic) bond motifs is 1. The normalized spacial score (nSPS) is 17.1. The van der Waals surface area contributed by atoms with E-state index >= 15 is 0 Å². The Morgan fingerprint density at radius 3 is 2.71 bits per heavy atom. The molecule has 0 aliphatic carbocycles. The van der Waals surface area contributed by atoms with Crippen LogP contribution >= 0.6 is 0 Å². The lowest BCUT2D eigenvalue weighted by molar-refractivity contribution is 0.346. The smallest absolute Gasteiger partial charge is 0.0389 e. The van der Waals surface area contributed by atoms with Gasteiger partial charge in [-0.15, -0.1) is 0 Å². The fraction of sp³-hybridized carbons (Fsp3) is 0.500. The number of anilines is 1. The minimum Gasteiger partial charge on any atom is -0.383 e. The van der Waals surface area contributed by atoms with Crippen LogP contribution in [0, 0.1) is 13.8 Å². The number of benzene rings is 1. The summed E-state index contributed by atoms with van der Waals surface area (Å²) < 4.78 is 0. The third kappa shape index (κ3) is 1.75. The molecule has 1 aliphatic heterocycles. The van der Waals surface area contributed by atoms with Crippen molar-refractivity contribution in [2.75, 3.05) is 25.5 Å². The first-order valence-electron chi connectivity index (χ1n) is 5.19. The maximum atomic E-state index is 3.48. The standard InChI is InChI=1S/C12H18N2/c1-9-6-11-8-14(3)5-4-13-12(11)7-10(9)2/h6-7,13H,4-5,8H2,1-3H3. The number of nitrogens with zero attached hydrogens (tertiary/aromatic N) is 1. The van der Waals surface area contributed by atoms with Crippen molar-refractivity contribution in [3.63, 3.8) is 0 Å². The van der Waals surface area contributed by atoms with E-state index in [1.807, 2.05) is 0 Å². The molecule has 0 amide bonds. The Labute approximate surface area is 85.9 Å². The van der Waals surface area contributed by atoms with E-state index < -0.39 is 0 Å². The highest BCUT2D eigenvalue weighted by molar-refractivity contribution is 5.55. The lowest BCUT2D eigenvalue weighted by Crippen LogP contribution is -2.20. The fourth-order valence-electron chi connectivity index (χ4n) is 1.92. The Kier molecular flexibility index (Phi) is 2.46. The number of rotatable bonds is 0. The largest absolute Gasteiger partial charge is 0.383 e. The van der Waals surface area contributed by atoms with Crippen molar-refractivity contribution in [3.8, 4) is 0 Å². The summed E-state index contributed by atoms with van der Waals surface area (Å²) in [6.45, 7) is 7.58. The zero-order valence-electron chi connectivity index (χ0n) is 9.22. The quantitative estimate of drug-likeness (QED) is 0.674. The van der Waals surface area contributed by atoms with Crippen LogP contribution in [-0.4, -0.2) is 25.0 Å². The molecule has 2 nitrogen and oxygen atoms in total. The Balaban J connectivity index is 2.41. The van der Waals surface area contributed by atoms with Gasteiger partial charge in [-0.3, -0.25) is 0 Å². The van der Waals surface area contributed by atoms with Crippen molar-refractivity contribution in [2.45, 2.75) is 20.4 Å². The summed E-state index contributed by atoms with van der Waals surface area (Å²) in [5, 5.41) is 3.48. The van der Waals surface area contributed by atoms with Gasteiger partial charge in [0, 0.05) is 25.3 Å². The van der Waals surface area contributed by atoms with Gasteiger partial charge >= 0.3 is 0 Å². The third-order valence-electron chi connectivity index (χ3n) is 2.97. The van der Waals surface area contributed by atoms with Crippen LogP contribution < -0.4 is 5.32 Å². The molecule has 0 bridgehead atoms. The molecule has 0 saturated heterocycles. The van der Waals surface area contributed by atoms with Crippen molar-refractivity contribution in [3.05, 3.63) is 28.8 Å². The molecule has 1 N–H and O–H groups in total. The SMILES string of the molecule is Cc1cc2c(cc1C)NCCN(C)C2. The van der Waals surface area contributed by atoms with E-state index in [1.54, 1.807) is 0 Å². The monoisotopic (exact) mass is 190 g/mol. The first-order valence-corrected chi connectivity index (χ1v) is 5.19. The van der Waals surface area contributed by atoms with Crippen LogP contribution in [-0.2, 0) is 6.54 Å². The lowest BCUT2D eigenvalue weighted by Gasteiger charge is -2.13. The summed E-state index contributed by atoms with van der Waals surface area (Å²) in [5.74, 6) is 0. The zero-order valence-corrected chi connectivity index (χ0v) is 9.22. The molecule has 0 spiro atoms. The van der Waals surface area contributed by atoms with E-state index in [0.717, 1.165) is 19.6 Å². The average Bonchev–Trinajstić information content (AvgIpc) is 2.28. The molecule has 1 heterocycles. The molecule has 0 fully saturated rings. The van der Waals surface area contributed by atoms with Crippen LogP contribution in [0.4, 0.5) is 5.69 Å². The fourth-order valence-corrected chi connectivity index (χ4v) is 1.92. The summed E-state index contributed by atoms with van der Waals surface area (Å²) in [5.41, 5.74) is 5.51. The van der Waals surface area contributed by atoms with Gasteiger partial charge in [0.25, 0.3) is 0 Å². The molecule has 0 atom stereocenters. The maximum absolute atomic E-state index is 3.48. The third-order valence-corrected chi connectivity index (χ3v) is 2.97. The molecule has 2 heteroatoms. The van der Waals surface area contributed by atoms with Crippen molar-refractivity contribution >= 4 is 5.69 Å². The van der Waals surface area contributed by atoms with Gasteiger partial charge in [0.1, 0.15) is 0 Å². The summed E-state index contributed by atoms with van der Waals surface area (Å²) in [6, 6.07) is 4.57. The summed E-state index contributed by atoms with van der Waals surface area (Å²) in [7, 11) is 2.17. The summed E-state index contributed by atoms with van der Waals surface area (Å²) >= 11 is 0. The Morgan fingerprint density at radius 1 is 1.21 bits per heavy atom. The summed E-state index contributed by atoms with van der Waals surface area (Å²) in [6.07, 6.45) is 0. The molecular weight excluding hydrogens is 172 g/mol. The number of aryl methyl sites for hydroxylation is 2. The highest BCUT2D eigenvalue weighted by atomic mass is 15.1. The van der Waals surface area contributed by atoms with Gasteiger partial charge < -0.3 is 10.2 Å². The van der Waals surface area contributed by atoms with Crippen LogP contribution in [0.3, 0.4) is 0 Å². The minimum absolute atomic E-state index is 1.05. The van der Waals surface area contributed by atoms with Gasteiger partial charge in [-0.1, -0.05) is 6.07 Å². The van der Waals surface area contributed by atoms with Crippen molar-refractivity contribution in [1.29, 1.82) is 0 Å². The molecule has 0 saturated carbocycles. The van der Waals surface area contributed by atoms with Crippen LogP contribution in [0.5, 0.6) is 0 Å². The molecule has 14 heavy (non-hydrogen) atoms. The average molecular weight is 190 g/mol. The van der Waals surface area contributed by atoms with Crippen LogP contribution in [0.1, 0.15) is 16.7 Å². The van der Waals surface area contributed by atoms with E-state index in [4.69, 9.17) is 0 Å². The van der Waals surface area contributed by atoms with Gasteiger partial charge in [-0.25, -0.2) is 0 Å². The number of likely N-dealkylation sites (N-methyl/N-ethyl adjacent to an activating group) is 1. The number of nitrogens with one attached hydrogen (secondary N) is 1. The van der Waals surface area contributed by atoms with Gasteiger partial charge in [-0.2, -0.15) is 0 Å². The highest BCUT2D eigenvalue weighted by Gasteiger charge is 2.11. The molecule has 1 aromatic carbocycles. The topological polar surface area (TPSA) is 15.3 Å². The van der Waals surface area contributed by atoms with Gasteiger partial charge in [-0.05, 0) is 43.7 Å². The van der Waals surface area contributed by atoms with Crippen LogP contribution in [0.15, 0.2) is 12.1 Å². The molecule has 1 aliphatic rings. The van der Waals surface area contributed by atoms with E-state index in [9.17, 15) is 0 Å². The lowest BCUT2D eigenvalue weighted by atomic mass is 10.0. The van der Waals surface area contributed by atoms with Crippen LogP contribution in [0.25, 0.3) is 0 Å². The van der Waals surface area contributed by atoms with Crippen LogP contribution in [0.2, 0.25) is 0 Å². The molecule has 2 rings (SSSR count). The van der Waals surface area contributed by atoms with E-state index in [2.05, 4.69) is 43.2 Å². The molecular formula is C12H18N2. The molecule has 0 radical (unpaired) electrons. The number of hydrogen-bond acceptors (Lipinski definition) is 2. The number of hydrogen-bond donors (Lipinski definition) is 1. The Morgan fingerprint density at radius 2 is 1.93 bits per heavy atom. The molecule has 1 aromatic rings. The Bertz CT molecular complexity index is 344. The van der Waals surface area contributed by atoms with E-state index in [1.165, 1.54) is 22.4 Å². The second kappa shape index (κ2) is 3.62. The predicted octanol–water partition coefficient (Wildman–Crippen LogP) is 2.16. The molecule has 0 aromatic heterocycles. The van der Waals surface area contributed by atoms with Gasteiger partial charge in [0.2, 0.25) is 0 Å². The minimum atomic E-state index is 1.05. The second-order valence-corrected chi connectivity index (χ2v) is 4.26. The van der Waals surface area contributed by atoms with E-state index in [0.29, 0.717) is 0 Å². The predicted molar refractivity (Wildman–Crippen MR) is 60.7 cm³/mol. The molecule has 0 unspecified atom stereocenters. The first kappa shape index (κ1) is 9.53. The van der Waals surface area contributed by atoms with Crippen molar-refractivity contribution < 1.29 is 0 Å². The van der Waals surface area contributed by atoms with E-state index in [-0.39, 0.29) is 0 Å². The second-order valence-electron chi connectivity index (χ2n) is 4.26. The van der Waals surface area contributed by atoms with Gasteiger partial charge in [0.15, 0.2) is 0 Å². The first-order chi connectivity index (χ1) is 6.66. The molecule has 76 valence electrons. The zero-order chi connectivity index (χ0) is 10.1. The Hall–Kier alpha value is -1.02. The highest BCUT2D eigenvalue weighted by Crippen LogP contribution is 2.23. The van der Waals surface area contributed by atoms with Gasteiger partial charge in [0.05, 0.1) is 0 Å².